The van der Waals surface area contributed by atoms with E-state index >= 15 is 0 Å². The van der Waals surface area contributed by atoms with Crippen LogP contribution in [0.15, 0.2) is 24.3 Å². The maximum absolute atomic E-state index is 12.6. The van der Waals surface area contributed by atoms with Gasteiger partial charge < -0.3 is 15.0 Å². The lowest BCUT2D eigenvalue weighted by atomic mass is 9.83. The lowest BCUT2D eigenvalue weighted by Gasteiger charge is -2.31. The van der Waals surface area contributed by atoms with Crippen molar-refractivity contribution < 1.29 is 19.1 Å². The van der Waals surface area contributed by atoms with Crippen LogP contribution in [0.4, 0.5) is 5.69 Å². The SMILES string of the molecule is CC[C@H](C)c1ccccc1N1C[C@H](C(=O)OCC(=O)NC2(C#N)CCCCC2)CC1=O. The van der Waals surface area contributed by atoms with Crippen molar-refractivity contribution >= 4 is 23.5 Å². The first-order valence-corrected chi connectivity index (χ1v) is 11.2. The highest BCUT2D eigenvalue weighted by molar-refractivity contribution is 6.00. The molecule has 1 aromatic rings. The molecule has 1 N–H and O–H groups in total. The van der Waals surface area contributed by atoms with Gasteiger partial charge in [0.2, 0.25) is 5.91 Å². The summed E-state index contributed by atoms with van der Waals surface area (Å²) in [5.74, 6) is -1.45. The number of carbonyl (C=O) groups excluding carboxylic acids is 3. The van der Waals surface area contributed by atoms with Crippen molar-refractivity contribution in [1.82, 2.24) is 5.32 Å². The molecule has 1 aromatic carbocycles. The van der Waals surface area contributed by atoms with Crippen molar-refractivity contribution in [3.8, 4) is 6.07 Å². The number of carbonyl (C=O) groups is 3. The number of anilines is 1. The molecule has 0 radical (unpaired) electrons. The van der Waals surface area contributed by atoms with E-state index in [-0.39, 0.29) is 18.9 Å². The van der Waals surface area contributed by atoms with Crippen LogP contribution in [0.2, 0.25) is 0 Å². The molecule has 31 heavy (non-hydrogen) atoms. The Morgan fingerprint density at radius 2 is 2.00 bits per heavy atom. The van der Waals surface area contributed by atoms with Gasteiger partial charge in [0.05, 0.1) is 12.0 Å². The summed E-state index contributed by atoms with van der Waals surface area (Å²) in [7, 11) is 0. The molecule has 166 valence electrons. The fourth-order valence-corrected chi connectivity index (χ4v) is 4.45. The predicted molar refractivity (Wildman–Crippen MR) is 116 cm³/mol. The van der Waals surface area contributed by atoms with Crippen molar-refractivity contribution in [2.24, 2.45) is 5.92 Å². The first kappa shape index (κ1) is 22.8. The summed E-state index contributed by atoms with van der Waals surface area (Å²) < 4.78 is 5.21. The molecule has 7 nitrogen and oxygen atoms in total. The van der Waals surface area contributed by atoms with Crippen LogP contribution in [0, 0.1) is 17.2 Å². The third kappa shape index (κ3) is 5.25. The molecular weight excluding hydrogens is 394 g/mol. The van der Waals surface area contributed by atoms with E-state index in [1.54, 1.807) is 4.90 Å². The Morgan fingerprint density at radius 1 is 1.29 bits per heavy atom. The molecule has 2 aliphatic rings. The lowest BCUT2D eigenvalue weighted by molar-refractivity contribution is -0.152. The maximum Gasteiger partial charge on any atom is 0.311 e. The number of hydrogen-bond acceptors (Lipinski definition) is 5. The van der Waals surface area contributed by atoms with Gasteiger partial charge >= 0.3 is 5.97 Å². The second kappa shape index (κ2) is 9.95. The van der Waals surface area contributed by atoms with Gasteiger partial charge in [-0.3, -0.25) is 14.4 Å². The number of ether oxygens (including phenoxy) is 1. The molecule has 2 atom stereocenters. The van der Waals surface area contributed by atoms with E-state index in [1.165, 1.54) is 0 Å². The van der Waals surface area contributed by atoms with Crippen LogP contribution in [0.5, 0.6) is 0 Å². The molecule has 0 bridgehead atoms. The Balaban J connectivity index is 1.57. The summed E-state index contributed by atoms with van der Waals surface area (Å²) >= 11 is 0. The molecule has 1 aliphatic heterocycles. The Morgan fingerprint density at radius 3 is 2.68 bits per heavy atom. The van der Waals surface area contributed by atoms with Gasteiger partial charge in [-0.25, -0.2) is 0 Å². The molecule has 0 aromatic heterocycles. The van der Waals surface area contributed by atoms with E-state index in [0.29, 0.717) is 18.8 Å². The molecular formula is C24H31N3O4. The Kier molecular flexibility index (Phi) is 7.32. The zero-order valence-corrected chi connectivity index (χ0v) is 18.4. The van der Waals surface area contributed by atoms with Crippen LogP contribution in [-0.2, 0) is 19.1 Å². The van der Waals surface area contributed by atoms with Gasteiger partial charge in [0, 0.05) is 18.7 Å². The van der Waals surface area contributed by atoms with Gasteiger partial charge in [-0.05, 0) is 36.8 Å². The summed E-state index contributed by atoms with van der Waals surface area (Å²) in [4.78, 5) is 39.1. The zero-order valence-electron chi connectivity index (χ0n) is 18.4. The molecule has 1 saturated carbocycles. The minimum atomic E-state index is -0.860. The number of rotatable bonds is 7. The standard InChI is InChI=1S/C24H31N3O4/c1-3-17(2)19-9-5-6-10-20(19)27-14-18(13-22(27)29)23(30)31-15-21(28)26-24(16-25)11-7-4-8-12-24/h5-6,9-10,17-18H,3-4,7-8,11-15H2,1-2H3,(H,26,28)/t17-,18+/m0/s1. The Hall–Kier alpha value is -2.88. The van der Waals surface area contributed by atoms with Crippen LogP contribution in [-0.4, -0.2) is 36.5 Å². The minimum absolute atomic E-state index is 0.0669. The number of nitriles is 1. The second-order valence-electron chi connectivity index (χ2n) is 8.68. The van der Waals surface area contributed by atoms with Gasteiger partial charge in [0.25, 0.3) is 5.91 Å². The van der Waals surface area contributed by atoms with Crippen LogP contribution >= 0.6 is 0 Å². The molecule has 2 amide bonds. The monoisotopic (exact) mass is 425 g/mol. The van der Waals surface area contributed by atoms with Crippen molar-refractivity contribution in [2.45, 2.75) is 70.3 Å². The van der Waals surface area contributed by atoms with Gasteiger partial charge in [-0.2, -0.15) is 5.26 Å². The van der Waals surface area contributed by atoms with Crippen LogP contribution in [0.1, 0.15) is 70.3 Å². The van der Waals surface area contributed by atoms with E-state index in [4.69, 9.17) is 4.74 Å². The fraction of sp³-hybridized carbons (Fsp3) is 0.583. The normalized spacial score (nSPS) is 21.3. The largest absolute Gasteiger partial charge is 0.455 e. The van der Waals surface area contributed by atoms with Gasteiger partial charge in [-0.15, -0.1) is 0 Å². The molecule has 0 unspecified atom stereocenters. The Bertz CT molecular complexity index is 870. The van der Waals surface area contributed by atoms with Crippen molar-refractivity contribution in [3.05, 3.63) is 29.8 Å². The topological polar surface area (TPSA) is 99.5 Å². The fourth-order valence-electron chi connectivity index (χ4n) is 4.45. The van der Waals surface area contributed by atoms with Crippen molar-refractivity contribution in [3.63, 3.8) is 0 Å². The summed E-state index contributed by atoms with van der Waals surface area (Å²) in [6.07, 6.45) is 5.09. The van der Waals surface area contributed by atoms with Crippen LogP contribution < -0.4 is 10.2 Å². The minimum Gasteiger partial charge on any atom is -0.455 e. The highest BCUT2D eigenvalue weighted by Gasteiger charge is 2.38. The van der Waals surface area contributed by atoms with E-state index in [9.17, 15) is 19.6 Å². The average molecular weight is 426 g/mol. The van der Waals surface area contributed by atoms with Crippen molar-refractivity contribution in [2.75, 3.05) is 18.1 Å². The third-order valence-corrected chi connectivity index (χ3v) is 6.47. The zero-order chi connectivity index (χ0) is 22.4. The van der Waals surface area contributed by atoms with Gasteiger partial charge in [0.15, 0.2) is 6.61 Å². The number of nitrogens with one attached hydrogen (secondary N) is 1. The number of hydrogen-bond donors (Lipinski definition) is 1. The molecule has 2 fully saturated rings. The Labute approximate surface area is 183 Å². The highest BCUT2D eigenvalue weighted by Crippen LogP contribution is 2.33. The number of esters is 1. The van der Waals surface area contributed by atoms with Gasteiger partial charge in [-0.1, -0.05) is 51.3 Å². The van der Waals surface area contributed by atoms with E-state index < -0.39 is 29.9 Å². The first-order chi connectivity index (χ1) is 14.9. The average Bonchev–Trinajstić information content (AvgIpc) is 3.19. The number of nitrogens with zero attached hydrogens (tertiary/aromatic N) is 2. The van der Waals surface area contributed by atoms with Gasteiger partial charge in [0.1, 0.15) is 5.54 Å². The molecule has 1 saturated heterocycles. The number of para-hydroxylation sites is 1. The first-order valence-electron chi connectivity index (χ1n) is 11.2. The summed E-state index contributed by atoms with van der Waals surface area (Å²) in [6, 6.07) is 9.99. The van der Waals surface area contributed by atoms with Crippen molar-refractivity contribution in [1.29, 1.82) is 5.26 Å². The van der Waals surface area contributed by atoms with E-state index in [0.717, 1.165) is 36.9 Å². The van der Waals surface area contributed by atoms with E-state index in [1.807, 2.05) is 24.3 Å². The number of benzene rings is 1. The molecule has 7 heteroatoms. The smallest absolute Gasteiger partial charge is 0.311 e. The molecule has 0 spiro atoms. The van der Waals surface area contributed by atoms with Crippen LogP contribution in [0.3, 0.4) is 0 Å². The second-order valence-corrected chi connectivity index (χ2v) is 8.68. The van der Waals surface area contributed by atoms with E-state index in [2.05, 4.69) is 25.2 Å². The number of amides is 2. The predicted octanol–water partition coefficient (Wildman–Crippen LogP) is 3.44. The van der Waals surface area contributed by atoms with Crippen LogP contribution in [0.25, 0.3) is 0 Å². The summed E-state index contributed by atoms with van der Waals surface area (Å²) in [5, 5.41) is 12.2. The quantitative estimate of drug-likeness (QED) is 0.675. The highest BCUT2D eigenvalue weighted by atomic mass is 16.5. The molecule has 1 heterocycles. The molecule has 1 aliphatic carbocycles. The summed E-state index contributed by atoms with van der Waals surface area (Å²) in [6.45, 7) is 4.03. The summed E-state index contributed by atoms with van der Waals surface area (Å²) in [5.41, 5.74) is 1.06. The maximum atomic E-state index is 12.6. The molecule has 3 rings (SSSR count). The lowest BCUT2D eigenvalue weighted by Crippen LogP contribution is -2.50. The third-order valence-electron chi connectivity index (χ3n) is 6.47.